The highest BCUT2D eigenvalue weighted by atomic mass is 16.3. The Morgan fingerprint density at radius 3 is 2.85 bits per heavy atom. The number of aromatic nitrogens is 2. The van der Waals surface area contributed by atoms with Gasteiger partial charge in [0.1, 0.15) is 11.3 Å². The number of fused-ring (bicyclic) bond motifs is 1. The predicted molar refractivity (Wildman–Crippen MR) is 90.8 cm³/mol. The summed E-state index contributed by atoms with van der Waals surface area (Å²) in [5.74, 6) is -0.707. The van der Waals surface area contributed by atoms with Crippen LogP contribution in [0.5, 0.6) is 0 Å². The highest BCUT2D eigenvalue weighted by Crippen LogP contribution is 2.22. The summed E-state index contributed by atoms with van der Waals surface area (Å²) >= 11 is 0. The number of likely N-dealkylation sites (tertiary alicyclic amines) is 1. The van der Waals surface area contributed by atoms with Gasteiger partial charge in [0.15, 0.2) is 5.58 Å². The molecule has 1 fully saturated rings. The molecule has 0 unspecified atom stereocenters. The van der Waals surface area contributed by atoms with Gasteiger partial charge < -0.3 is 29.7 Å². The molecule has 1 aliphatic rings. The number of H-pyrrole nitrogens is 2. The maximum absolute atomic E-state index is 12.3. The number of nitrogens with zero attached hydrogens (tertiary/aromatic N) is 1. The van der Waals surface area contributed by atoms with Gasteiger partial charge in [-0.25, -0.2) is 0 Å². The van der Waals surface area contributed by atoms with Crippen LogP contribution >= 0.6 is 0 Å². The van der Waals surface area contributed by atoms with Crippen LogP contribution in [-0.4, -0.2) is 57.0 Å². The van der Waals surface area contributed by atoms with Crippen molar-refractivity contribution in [3.05, 3.63) is 58.3 Å². The molecular formula is C17H16N4O5. The molecule has 0 atom stereocenters. The second kappa shape index (κ2) is 5.88. The van der Waals surface area contributed by atoms with Gasteiger partial charge in [-0.1, -0.05) is 0 Å². The van der Waals surface area contributed by atoms with Crippen molar-refractivity contribution in [2.45, 2.75) is 5.60 Å². The lowest BCUT2D eigenvalue weighted by molar-refractivity contribution is -0.0772. The van der Waals surface area contributed by atoms with Crippen LogP contribution in [0.1, 0.15) is 20.8 Å². The molecule has 4 rings (SSSR count). The average molecular weight is 356 g/mol. The number of hydrogen-bond acceptors (Lipinski definition) is 5. The maximum Gasteiger partial charge on any atom is 0.267 e. The monoisotopic (exact) mass is 356 g/mol. The minimum absolute atomic E-state index is 0.00533. The van der Waals surface area contributed by atoms with E-state index in [1.54, 1.807) is 12.1 Å². The standard InChI is InChI=1S/C17H16N4O5/c22-14-5-10(1-3-18-14)16(24)21-8-17(25,9-21)7-19-15(23)12-6-13-11(20-12)2-4-26-13/h1-6,20,25H,7-9H2,(H,18,22)(H,19,23). The SMILES string of the molecule is O=C(NCC1(O)CN(C(=O)c2cc[nH]c(=O)c2)C1)c1cc2occc2[nH]1. The number of amides is 2. The highest BCUT2D eigenvalue weighted by Gasteiger charge is 2.44. The van der Waals surface area contributed by atoms with Gasteiger partial charge in [-0.2, -0.15) is 0 Å². The van der Waals surface area contributed by atoms with Crippen molar-refractivity contribution in [1.29, 1.82) is 0 Å². The summed E-state index contributed by atoms with van der Waals surface area (Å²) in [4.78, 5) is 42.5. The summed E-state index contributed by atoms with van der Waals surface area (Å²) in [6.07, 6.45) is 2.92. The number of nitrogens with one attached hydrogen (secondary N) is 3. The Morgan fingerprint density at radius 2 is 2.12 bits per heavy atom. The van der Waals surface area contributed by atoms with Gasteiger partial charge in [0.05, 0.1) is 31.4 Å². The van der Waals surface area contributed by atoms with Crippen molar-refractivity contribution >= 4 is 22.9 Å². The van der Waals surface area contributed by atoms with Crippen molar-refractivity contribution in [3.8, 4) is 0 Å². The summed E-state index contributed by atoms with van der Waals surface area (Å²) < 4.78 is 5.19. The predicted octanol–water partition coefficient (Wildman–Crippen LogP) is 0.0661. The fourth-order valence-electron chi connectivity index (χ4n) is 2.99. The smallest absolute Gasteiger partial charge is 0.267 e. The van der Waals surface area contributed by atoms with Crippen LogP contribution in [0, 0.1) is 0 Å². The number of carbonyl (C=O) groups excluding carboxylic acids is 2. The first-order valence-electron chi connectivity index (χ1n) is 7.98. The van der Waals surface area contributed by atoms with Gasteiger partial charge in [-0.15, -0.1) is 0 Å². The van der Waals surface area contributed by atoms with E-state index in [9.17, 15) is 19.5 Å². The van der Waals surface area contributed by atoms with Crippen LogP contribution in [0.15, 0.2) is 45.9 Å². The zero-order chi connectivity index (χ0) is 18.3. The molecule has 9 heteroatoms. The third kappa shape index (κ3) is 2.88. The van der Waals surface area contributed by atoms with E-state index in [0.717, 1.165) is 0 Å². The van der Waals surface area contributed by atoms with Gasteiger partial charge in [0.2, 0.25) is 5.56 Å². The summed E-state index contributed by atoms with van der Waals surface area (Å²) in [6.45, 7) is 0.156. The molecule has 26 heavy (non-hydrogen) atoms. The molecule has 4 heterocycles. The number of furan rings is 1. The lowest BCUT2D eigenvalue weighted by atomic mass is 9.93. The molecule has 0 bridgehead atoms. The molecule has 2 amide bonds. The Morgan fingerprint density at radius 1 is 1.31 bits per heavy atom. The van der Waals surface area contributed by atoms with Gasteiger partial charge >= 0.3 is 0 Å². The molecule has 3 aromatic heterocycles. The Bertz CT molecular complexity index is 1010. The van der Waals surface area contributed by atoms with Crippen molar-refractivity contribution in [1.82, 2.24) is 20.2 Å². The van der Waals surface area contributed by atoms with E-state index >= 15 is 0 Å². The van der Waals surface area contributed by atoms with E-state index in [0.29, 0.717) is 16.8 Å². The molecule has 0 aliphatic carbocycles. The molecule has 1 aliphatic heterocycles. The summed E-state index contributed by atoms with van der Waals surface area (Å²) in [7, 11) is 0. The van der Waals surface area contributed by atoms with Crippen LogP contribution in [0.2, 0.25) is 0 Å². The molecule has 4 N–H and O–H groups in total. The number of aliphatic hydroxyl groups is 1. The van der Waals surface area contributed by atoms with E-state index in [1.807, 2.05) is 0 Å². The highest BCUT2D eigenvalue weighted by molar-refractivity contribution is 5.97. The molecule has 0 radical (unpaired) electrons. The quantitative estimate of drug-likeness (QED) is 0.525. The minimum atomic E-state index is -1.20. The molecule has 3 aromatic rings. The normalized spacial score (nSPS) is 15.7. The van der Waals surface area contributed by atoms with Crippen LogP contribution in [-0.2, 0) is 0 Å². The third-order valence-electron chi connectivity index (χ3n) is 4.34. The number of β-amino-alcohol motifs (C(OH)–C–C–N with tert-alkyl or cyclic N) is 1. The number of carbonyl (C=O) groups is 2. The number of aromatic amines is 2. The molecular weight excluding hydrogens is 340 g/mol. The Kier molecular flexibility index (Phi) is 3.66. The minimum Gasteiger partial charge on any atom is -0.463 e. The first-order chi connectivity index (χ1) is 12.4. The van der Waals surface area contributed by atoms with E-state index in [2.05, 4.69) is 15.3 Å². The van der Waals surface area contributed by atoms with Crippen molar-refractivity contribution < 1.29 is 19.1 Å². The van der Waals surface area contributed by atoms with Crippen LogP contribution in [0.3, 0.4) is 0 Å². The number of rotatable bonds is 4. The van der Waals surface area contributed by atoms with Crippen molar-refractivity contribution in [2.75, 3.05) is 19.6 Å². The van der Waals surface area contributed by atoms with E-state index in [4.69, 9.17) is 4.42 Å². The van der Waals surface area contributed by atoms with Crippen LogP contribution in [0.25, 0.3) is 11.1 Å². The lowest BCUT2D eigenvalue weighted by Gasteiger charge is -2.46. The fourth-order valence-corrected chi connectivity index (χ4v) is 2.99. The van der Waals surface area contributed by atoms with Crippen molar-refractivity contribution in [3.63, 3.8) is 0 Å². The van der Waals surface area contributed by atoms with Gasteiger partial charge in [0, 0.05) is 30.0 Å². The molecule has 134 valence electrons. The molecule has 1 saturated heterocycles. The summed E-state index contributed by atoms with van der Waals surface area (Å²) in [5.41, 5.74) is 0.320. The van der Waals surface area contributed by atoms with Crippen LogP contribution < -0.4 is 10.9 Å². The zero-order valence-corrected chi connectivity index (χ0v) is 13.6. The molecule has 0 saturated carbocycles. The van der Waals surface area contributed by atoms with E-state index in [-0.39, 0.29) is 42.6 Å². The second-order valence-corrected chi connectivity index (χ2v) is 6.39. The van der Waals surface area contributed by atoms with Gasteiger partial charge in [-0.3, -0.25) is 14.4 Å². The van der Waals surface area contributed by atoms with E-state index < -0.39 is 5.60 Å². The Hall–Kier alpha value is -3.33. The molecule has 0 aromatic carbocycles. The first-order valence-corrected chi connectivity index (χ1v) is 7.98. The molecule has 9 nitrogen and oxygen atoms in total. The Labute approximate surface area is 146 Å². The topological polar surface area (TPSA) is 131 Å². The van der Waals surface area contributed by atoms with E-state index in [1.165, 1.54) is 29.5 Å². The first kappa shape index (κ1) is 16.2. The van der Waals surface area contributed by atoms with Crippen LogP contribution in [0.4, 0.5) is 0 Å². The second-order valence-electron chi connectivity index (χ2n) is 6.39. The third-order valence-corrected chi connectivity index (χ3v) is 4.34. The number of pyridine rings is 1. The largest absolute Gasteiger partial charge is 0.463 e. The zero-order valence-electron chi connectivity index (χ0n) is 13.6. The lowest BCUT2D eigenvalue weighted by Crippen LogP contribution is -2.67. The Balaban J connectivity index is 1.33. The summed E-state index contributed by atoms with van der Waals surface area (Å²) in [6, 6.07) is 6.01. The molecule has 0 spiro atoms. The fraction of sp³-hybridized carbons (Fsp3) is 0.235. The summed E-state index contributed by atoms with van der Waals surface area (Å²) in [5, 5.41) is 13.1. The van der Waals surface area contributed by atoms with Gasteiger partial charge in [-0.05, 0) is 6.07 Å². The van der Waals surface area contributed by atoms with Gasteiger partial charge in [0.25, 0.3) is 11.8 Å². The maximum atomic E-state index is 12.3. The average Bonchev–Trinajstić information content (AvgIpc) is 3.18. The number of hydrogen-bond donors (Lipinski definition) is 4. The van der Waals surface area contributed by atoms with Crippen molar-refractivity contribution in [2.24, 2.45) is 0 Å².